The van der Waals surface area contributed by atoms with Crippen LogP contribution in [-0.2, 0) is 32.6 Å². The van der Waals surface area contributed by atoms with Gasteiger partial charge in [0, 0.05) is 29.5 Å². The third-order valence-corrected chi connectivity index (χ3v) is 8.53. The molecule has 0 bridgehead atoms. The van der Waals surface area contributed by atoms with Gasteiger partial charge in [-0.1, -0.05) is 65.3 Å². The first-order valence-electron chi connectivity index (χ1n) is 13.5. The van der Waals surface area contributed by atoms with Crippen LogP contribution in [0.4, 0.5) is 5.69 Å². The minimum Gasteiger partial charge on any atom is -0.497 e. The lowest BCUT2D eigenvalue weighted by atomic mass is 10.0. The fourth-order valence-corrected chi connectivity index (χ4v) is 5.48. The zero-order chi connectivity index (χ0) is 30.9. The summed E-state index contributed by atoms with van der Waals surface area (Å²) in [6.45, 7) is 3.42. The van der Waals surface area contributed by atoms with Crippen LogP contribution in [0.5, 0.6) is 11.5 Å². The number of benzene rings is 3. The smallest absolute Gasteiger partial charge is 0.244 e. The van der Waals surface area contributed by atoms with E-state index in [0.29, 0.717) is 12.2 Å². The molecule has 0 aliphatic carbocycles. The normalized spacial score (nSPS) is 12.6. The van der Waals surface area contributed by atoms with Gasteiger partial charge in [-0.25, -0.2) is 8.42 Å². The van der Waals surface area contributed by atoms with Crippen molar-refractivity contribution in [1.29, 1.82) is 0 Å². The van der Waals surface area contributed by atoms with Gasteiger partial charge in [-0.2, -0.15) is 0 Å². The van der Waals surface area contributed by atoms with Crippen molar-refractivity contribution in [2.45, 2.75) is 45.3 Å². The molecule has 0 aliphatic rings. The summed E-state index contributed by atoms with van der Waals surface area (Å²) in [6, 6.07) is 20.5. The molecule has 0 saturated heterocycles. The summed E-state index contributed by atoms with van der Waals surface area (Å²) in [5.74, 6) is -0.160. The second-order valence-corrected chi connectivity index (χ2v) is 12.8. The second kappa shape index (κ2) is 15.1. The van der Waals surface area contributed by atoms with E-state index in [4.69, 9.17) is 9.47 Å². The number of carbonyl (C=O) groups excluding carboxylic acids is 2. The molecule has 0 radical (unpaired) electrons. The zero-order valence-electron chi connectivity index (χ0n) is 24.5. The number of carbonyl (C=O) groups is 2. The molecule has 3 aromatic rings. The molecule has 0 saturated carbocycles. The summed E-state index contributed by atoms with van der Waals surface area (Å²) in [5, 5.41) is 3.02. The standard InChI is InChI=1S/C31H38BrN3O6S/c1-6-22(2)33-31(37)28(18-23-10-8-7-9-11-23)34(20-24-12-14-25(32)15-13-24)30(36)21-35(42(5,38)39)27-17-16-26(40-3)19-29(27)41-4/h7-17,19,22,28H,6,18,20-21H2,1-5H3,(H,33,37)/t22-,28+/m1/s1. The molecule has 0 heterocycles. The summed E-state index contributed by atoms with van der Waals surface area (Å²) >= 11 is 3.44. The van der Waals surface area contributed by atoms with E-state index in [-0.39, 0.29) is 36.4 Å². The SMILES string of the molecule is CC[C@@H](C)NC(=O)[C@H](Cc1ccccc1)N(Cc1ccc(Br)cc1)C(=O)CN(c1ccc(OC)cc1OC)S(C)(=O)=O. The Kier molecular flexibility index (Phi) is 11.8. The predicted octanol–water partition coefficient (Wildman–Crippen LogP) is 4.79. The van der Waals surface area contributed by atoms with E-state index < -0.39 is 28.5 Å². The summed E-state index contributed by atoms with van der Waals surface area (Å²) < 4.78 is 38.7. The molecule has 0 spiro atoms. The van der Waals surface area contributed by atoms with Gasteiger partial charge in [0.25, 0.3) is 0 Å². The van der Waals surface area contributed by atoms with Crippen LogP contribution in [0.1, 0.15) is 31.4 Å². The Balaban J connectivity index is 2.09. The second-order valence-electron chi connectivity index (χ2n) is 9.98. The first kappa shape index (κ1) is 32.9. The molecule has 3 aromatic carbocycles. The van der Waals surface area contributed by atoms with Crippen molar-refractivity contribution in [2.75, 3.05) is 31.3 Å². The van der Waals surface area contributed by atoms with E-state index in [1.54, 1.807) is 12.1 Å². The van der Waals surface area contributed by atoms with Crippen LogP contribution >= 0.6 is 15.9 Å². The molecular weight excluding hydrogens is 622 g/mol. The summed E-state index contributed by atoms with van der Waals surface area (Å²) in [5.41, 5.74) is 1.84. The van der Waals surface area contributed by atoms with Crippen molar-refractivity contribution in [1.82, 2.24) is 10.2 Å². The van der Waals surface area contributed by atoms with Crippen molar-refractivity contribution in [3.05, 3.63) is 88.4 Å². The van der Waals surface area contributed by atoms with E-state index in [2.05, 4.69) is 21.2 Å². The van der Waals surface area contributed by atoms with Crippen molar-refractivity contribution < 1.29 is 27.5 Å². The molecule has 42 heavy (non-hydrogen) atoms. The van der Waals surface area contributed by atoms with Gasteiger partial charge >= 0.3 is 0 Å². The van der Waals surface area contributed by atoms with Gasteiger partial charge in [0.2, 0.25) is 21.8 Å². The molecular formula is C31H38BrN3O6S. The molecule has 0 unspecified atom stereocenters. The summed E-state index contributed by atoms with van der Waals surface area (Å²) in [7, 11) is -1.04. The lowest BCUT2D eigenvalue weighted by Crippen LogP contribution is -2.54. The molecule has 2 atom stereocenters. The highest BCUT2D eigenvalue weighted by atomic mass is 79.9. The average molecular weight is 661 g/mol. The Morgan fingerprint density at radius 2 is 1.62 bits per heavy atom. The third kappa shape index (κ3) is 8.96. The van der Waals surface area contributed by atoms with Crippen molar-refractivity contribution >= 4 is 43.5 Å². The largest absolute Gasteiger partial charge is 0.497 e. The Labute approximate surface area is 257 Å². The van der Waals surface area contributed by atoms with Crippen molar-refractivity contribution in [2.24, 2.45) is 0 Å². The monoisotopic (exact) mass is 659 g/mol. The highest BCUT2D eigenvalue weighted by Gasteiger charge is 2.34. The number of methoxy groups -OCH3 is 2. The lowest BCUT2D eigenvalue weighted by Gasteiger charge is -2.34. The average Bonchev–Trinajstić information content (AvgIpc) is 2.98. The topological polar surface area (TPSA) is 105 Å². The molecule has 0 aromatic heterocycles. The number of rotatable bonds is 14. The molecule has 0 aliphatic heterocycles. The number of hydrogen-bond acceptors (Lipinski definition) is 6. The zero-order valence-corrected chi connectivity index (χ0v) is 26.9. The molecule has 226 valence electrons. The fourth-order valence-electron chi connectivity index (χ4n) is 4.37. The van der Waals surface area contributed by atoms with E-state index in [1.807, 2.05) is 68.4 Å². The van der Waals surface area contributed by atoms with Crippen LogP contribution in [0, 0.1) is 0 Å². The van der Waals surface area contributed by atoms with Gasteiger partial charge in [-0.3, -0.25) is 13.9 Å². The van der Waals surface area contributed by atoms with Gasteiger partial charge in [0.15, 0.2) is 0 Å². The van der Waals surface area contributed by atoms with Crippen molar-refractivity contribution in [3.8, 4) is 11.5 Å². The van der Waals surface area contributed by atoms with E-state index in [1.165, 1.54) is 25.2 Å². The maximum Gasteiger partial charge on any atom is 0.244 e. The molecule has 2 amide bonds. The highest BCUT2D eigenvalue weighted by Crippen LogP contribution is 2.34. The number of sulfonamides is 1. The molecule has 0 fully saturated rings. The Bertz CT molecular complexity index is 1450. The van der Waals surface area contributed by atoms with Gasteiger partial charge in [-0.05, 0) is 48.7 Å². The molecule has 1 N–H and O–H groups in total. The van der Waals surface area contributed by atoms with Crippen LogP contribution in [0.25, 0.3) is 0 Å². The van der Waals surface area contributed by atoms with Gasteiger partial charge in [-0.15, -0.1) is 0 Å². The van der Waals surface area contributed by atoms with Crippen molar-refractivity contribution in [3.63, 3.8) is 0 Å². The number of amides is 2. The number of ether oxygens (including phenoxy) is 2. The number of nitrogens with zero attached hydrogens (tertiary/aromatic N) is 2. The molecule has 3 rings (SSSR count). The van der Waals surface area contributed by atoms with Crippen LogP contribution in [0.15, 0.2) is 77.3 Å². The highest BCUT2D eigenvalue weighted by molar-refractivity contribution is 9.10. The van der Waals surface area contributed by atoms with Crippen LogP contribution in [-0.4, -0.2) is 64.2 Å². The summed E-state index contributed by atoms with van der Waals surface area (Å²) in [6.07, 6.45) is 1.99. The minimum atomic E-state index is -3.95. The maximum atomic E-state index is 14.2. The van der Waals surface area contributed by atoms with Gasteiger partial charge < -0.3 is 19.7 Å². The van der Waals surface area contributed by atoms with Gasteiger partial charge in [0.05, 0.1) is 26.2 Å². The van der Waals surface area contributed by atoms with Gasteiger partial charge in [0.1, 0.15) is 24.1 Å². The number of anilines is 1. The number of nitrogens with one attached hydrogen (secondary N) is 1. The molecule has 11 heteroatoms. The third-order valence-electron chi connectivity index (χ3n) is 6.87. The van der Waals surface area contributed by atoms with E-state index in [0.717, 1.165) is 26.2 Å². The van der Waals surface area contributed by atoms with E-state index in [9.17, 15) is 18.0 Å². The van der Waals surface area contributed by atoms with Crippen LogP contribution in [0.2, 0.25) is 0 Å². The number of halogens is 1. The predicted molar refractivity (Wildman–Crippen MR) is 168 cm³/mol. The Morgan fingerprint density at radius 3 is 2.19 bits per heavy atom. The minimum absolute atomic E-state index is 0.0922. The Hall–Kier alpha value is -3.57. The fraction of sp³-hybridized carbons (Fsp3) is 0.355. The Morgan fingerprint density at radius 1 is 0.952 bits per heavy atom. The van der Waals surface area contributed by atoms with Crippen LogP contribution in [0.3, 0.4) is 0 Å². The lowest BCUT2D eigenvalue weighted by molar-refractivity contribution is -0.140. The van der Waals surface area contributed by atoms with E-state index >= 15 is 0 Å². The first-order chi connectivity index (χ1) is 20.0. The maximum absolute atomic E-state index is 14.2. The summed E-state index contributed by atoms with van der Waals surface area (Å²) in [4.78, 5) is 29.4. The molecule has 9 nitrogen and oxygen atoms in total. The number of hydrogen-bond donors (Lipinski definition) is 1. The van der Waals surface area contributed by atoms with Crippen LogP contribution < -0.4 is 19.1 Å². The quantitative estimate of drug-likeness (QED) is 0.267. The first-order valence-corrected chi connectivity index (χ1v) is 16.2.